The minimum atomic E-state index is 0.273. The zero-order valence-corrected chi connectivity index (χ0v) is 11.7. The second kappa shape index (κ2) is 5.25. The molecular formula is C15H20N4O. The van der Waals surface area contributed by atoms with Gasteiger partial charge in [-0.15, -0.1) is 0 Å². The molecule has 0 saturated carbocycles. The molecular weight excluding hydrogens is 252 g/mol. The van der Waals surface area contributed by atoms with Crippen LogP contribution in [-0.4, -0.2) is 27.7 Å². The Kier molecular flexibility index (Phi) is 3.44. The molecule has 0 aliphatic carbocycles. The van der Waals surface area contributed by atoms with Gasteiger partial charge in [0, 0.05) is 31.5 Å². The van der Waals surface area contributed by atoms with Crippen LogP contribution in [0.2, 0.25) is 0 Å². The molecule has 5 nitrogen and oxygen atoms in total. The van der Waals surface area contributed by atoms with Crippen molar-refractivity contribution in [3.63, 3.8) is 0 Å². The largest absolute Gasteiger partial charge is 0.384 e. The van der Waals surface area contributed by atoms with E-state index in [2.05, 4.69) is 21.5 Å². The third kappa shape index (κ3) is 2.67. The fourth-order valence-corrected chi connectivity index (χ4v) is 2.68. The SMILES string of the molecule is CC1(Cn2cncc2-c2ccc(N)nc2)CCOCC1. The van der Waals surface area contributed by atoms with Gasteiger partial charge in [0.05, 0.1) is 18.2 Å². The van der Waals surface area contributed by atoms with Gasteiger partial charge >= 0.3 is 0 Å². The van der Waals surface area contributed by atoms with Gasteiger partial charge < -0.3 is 15.0 Å². The number of hydrogen-bond donors (Lipinski definition) is 1. The first kappa shape index (κ1) is 13.1. The second-order valence-electron chi connectivity index (χ2n) is 5.80. The van der Waals surface area contributed by atoms with Crippen LogP contribution in [0.3, 0.4) is 0 Å². The number of rotatable bonds is 3. The lowest BCUT2D eigenvalue weighted by atomic mass is 9.82. The van der Waals surface area contributed by atoms with Gasteiger partial charge in [-0.1, -0.05) is 6.92 Å². The maximum absolute atomic E-state index is 5.64. The number of pyridine rings is 1. The number of hydrogen-bond acceptors (Lipinski definition) is 4. The van der Waals surface area contributed by atoms with Crippen LogP contribution in [0, 0.1) is 5.41 Å². The van der Waals surface area contributed by atoms with Crippen LogP contribution in [0.5, 0.6) is 0 Å². The lowest BCUT2D eigenvalue weighted by Crippen LogP contribution is -2.31. The Morgan fingerprint density at radius 2 is 2.10 bits per heavy atom. The highest BCUT2D eigenvalue weighted by molar-refractivity contribution is 5.59. The van der Waals surface area contributed by atoms with Crippen molar-refractivity contribution in [2.24, 2.45) is 5.41 Å². The molecule has 0 spiro atoms. The highest BCUT2D eigenvalue weighted by Gasteiger charge is 2.28. The summed E-state index contributed by atoms with van der Waals surface area (Å²) >= 11 is 0. The number of imidazole rings is 1. The molecule has 1 aliphatic heterocycles. The minimum absolute atomic E-state index is 0.273. The van der Waals surface area contributed by atoms with E-state index in [-0.39, 0.29) is 5.41 Å². The molecule has 0 aromatic carbocycles. The second-order valence-corrected chi connectivity index (χ2v) is 5.80. The number of nitrogens with two attached hydrogens (primary N) is 1. The van der Waals surface area contributed by atoms with Crippen molar-refractivity contribution in [3.05, 3.63) is 30.9 Å². The predicted octanol–water partition coefficient (Wildman–Crippen LogP) is 2.34. The van der Waals surface area contributed by atoms with Crippen LogP contribution in [0.15, 0.2) is 30.9 Å². The summed E-state index contributed by atoms with van der Waals surface area (Å²) in [7, 11) is 0. The molecule has 0 atom stereocenters. The molecule has 2 aromatic heterocycles. The minimum Gasteiger partial charge on any atom is -0.384 e. The summed E-state index contributed by atoms with van der Waals surface area (Å²) in [5.74, 6) is 0.538. The molecule has 0 radical (unpaired) electrons. The van der Waals surface area contributed by atoms with Gasteiger partial charge in [-0.3, -0.25) is 0 Å². The predicted molar refractivity (Wildman–Crippen MR) is 78.0 cm³/mol. The van der Waals surface area contributed by atoms with E-state index in [4.69, 9.17) is 10.5 Å². The number of nitrogen functional groups attached to an aromatic ring is 1. The summed E-state index contributed by atoms with van der Waals surface area (Å²) in [5.41, 5.74) is 8.05. The van der Waals surface area contributed by atoms with Crippen molar-refractivity contribution in [3.8, 4) is 11.3 Å². The van der Waals surface area contributed by atoms with E-state index in [0.717, 1.165) is 43.9 Å². The molecule has 0 amide bonds. The van der Waals surface area contributed by atoms with Gasteiger partial charge in [0.15, 0.2) is 0 Å². The van der Waals surface area contributed by atoms with Crippen molar-refractivity contribution in [1.82, 2.24) is 14.5 Å². The summed E-state index contributed by atoms with van der Waals surface area (Å²) in [6.45, 7) is 4.98. The number of nitrogens with zero attached hydrogens (tertiary/aromatic N) is 3. The van der Waals surface area contributed by atoms with Gasteiger partial charge in [0.2, 0.25) is 0 Å². The van der Waals surface area contributed by atoms with Crippen LogP contribution >= 0.6 is 0 Å². The Hall–Kier alpha value is -1.88. The molecule has 20 heavy (non-hydrogen) atoms. The van der Waals surface area contributed by atoms with E-state index in [0.29, 0.717) is 5.82 Å². The first-order chi connectivity index (χ1) is 9.66. The summed E-state index contributed by atoms with van der Waals surface area (Å²) < 4.78 is 7.67. The van der Waals surface area contributed by atoms with Crippen molar-refractivity contribution in [1.29, 1.82) is 0 Å². The maximum atomic E-state index is 5.64. The molecule has 1 saturated heterocycles. The number of aromatic nitrogens is 3. The Balaban J connectivity index is 1.84. The Bertz CT molecular complexity index is 570. The lowest BCUT2D eigenvalue weighted by Gasteiger charge is -2.34. The quantitative estimate of drug-likeness (QED) is 0.931. The van der Waals surface area contributed by atoms with Gasteiger partial charge in [0.25, 0.3) is 0 Å². The lowest BCUT2D eigenvalue weighted by molar-refractivity contribution is 0.0157. The molecule has 0 bridgehead atoms. The zero-order valence-electron chi connectivity index (χ0n) is 11.7. The fraction of sp³-hybridized carbons (Fsp3) is 0.467. The fourth-order valence-electron chi connectivity index (χ4n) is 2.68. The van der Waals surface area contributed by atoms with Crippen LogP contribution < -0.4 is 5.73 Å². The van der Waals surface area contributed by atoms with Crippen LogP contribution in [0.25, 0.3) is 11.3 Å². The smallest absolute Gasteiger partial charge is 0.123 e. The van der Waals surface area contributed by atoms with Crippen molar-refractivity contribution >= 4 is 5.82 Å². The van der Waals surface area contributed by atoms with Crippen LogP contribution in [0.4, 0.5) is 5.82 Å². The number of anilines is 1. The summed E-state index contributed by atoms with van der Waals surface area (Å²) in [6.07, 6.45) is 7.76. The molecule has 106 valence electrons. The van der Waals surface area contributed by atoms with Gasteiger partial charge in [0.1, 0.15) is 5.82 Å². The molecule has 2 aromatic rings. The van der Waals surface area contributed by atoms with E-state index in [1.165, 1.54) is 0 Å². The summed E-state index contributed by atoms with van der Waals surface area (Å²) in [6, 6.07) is 3.81. The van der Waals surface area contributed by atoms with Gasteiger partial charge in [-0.2, -0.15) is 0 Å². The van der Waals surface area contributed by atoms with Gasteiger partial charge in [-0.05, 0) is 30.4 Å². The van der Waals surface area contributed by atoms with E-state index in [1.54, 1.807) is 6.20 Å². The average Bonchev–Trinajstić information content (AvgIpc) is 2.88. The topological polar surface area (TPSA) is 66.0 Å². The van der Waals surface area contributed by atoms with Crippen LogP contribution in [0.1, 0.15) is 19.8 Å². The molecule has 3 heterocycles. The normalized spacial score (nSPS) is 18.1. The number of ether oxygens (including phenoxy) is 1. The first-order valence-electron chi connectivity index (χ1n) is 6.96. The third-order valence-corrected chi connectivity index (χ3v) is 4.05. The summed E-state index contributed by atoms with van der Waals surface area (Å²) in [5, 5.41) is 0. The van der Waals surface area contributed by atoms with E-state index >= 15 is 0 Å². The molecule has 1 fully saturated rings. The first-order valence-corrected chi connectivity index (χ1v) is 6.96. The molecule has 2 N–H and O–H groups in total. The molecule has 0 unspecified atom stereocenters. The molecule has 1 aliphatic rings. The third-order valence-electron chi connectivity index (χ3n) is 4.05. The van der Waals surface area contributed by atoms with Crippen molar-refractivity contribution < 1.29 is 4.74 Å². The van der Waals surface area contributed by atoms with E-state index < -0.39 is 0 Å². The maximum Gasteiger partial charge on any atom is 0.123 e. The van der Waals surface area contributed by atoms with Crippen molar-refractivity contribution in [2.45, 2.75) is 26.3 Å². The highest BCUT2D eigenvalue weighted by atomic mass is 16.5. The highest BCUT2D eigenvalue weighted by Crippen LogP contribution is 2.33. The Morgan fingerprint density at radius 1 is 1.30 bits per heavy atom. The monoisotopic (exact) mass is 272 g/mol. The molecule has 5 heteroatoms. The zero-order chi connectivity index (χ0) is 14.0. The average molecular weight is 272 g/mol. The van der Waals surface area contributed by atoms with E-state index in [1.807, 2.05) is 24.7 Å². The van der Waals surface area contributed by atoms with Gasteiger partial charge in [-0.25, -0.2) is 9.97 Å². The standard InChI is InChI=1S/C15H20N4O/c1-15(4-6-20-7-5-15)10-19-11-17-9-13(19)12-2-3-14(16)18-8-12/h2-3,8-9,11H,4-7,10H2,1H3,(H2,16,18). The van der Waals surface area contributed by atoms with Crippen LogP contribution in [-0.2, 0) is 11.3 Å². The Morgan fingerprint density at radius 3 is 2.80 bits per heavy atom. The van der Waals surface area contributed by atoms with Crippen molar-refractivity contribution in [2.75, 3.05) is 18.9 Å². The van der Waals surface area contributed by atoms with E-state index in [9.17, 15) is 0 Å². The molecule has 3 rings (SSSR count). The summed E-state index contributed by atoms with van der Waals surface area (Å²) in [4.78, 5) is 8.45. The Labute approximate surface area is 118 Å².